The molecule has 134 valence electrons. The summed E-state index contributed by atoms with van der Waals surface area (Å²) in [5.74, 6) is 0. The predicted molar refractivity (Wildman–Crippen MR) is 106 cm³/mol. The Balaban J connectivity index is 1.82. The molecule has 0 aromatic heterocycles. The Morgan fingerprint density at radius 1 is 0.880 bits per heavy atom. The summed E-state index contributed by atoms with van der Waals surface area (Å²) >= 11 is 0. The molecule has 1 saturated heterocycles. The van der Waals surface area contributed by atoms with Gasteiger partial charge in [0.15, 0.2) is 0 Å². The van der Waals surface area contributed by atoms with Crippen molar-refractivity contribution < 1.29 is 8.85 Å². The summed E-state index contributed by atoms with van der Waals surface area (Å²) in [5, 5.41) is 2.71. The van der Waals surface area contributed by atoms with Gasteiger partial charge in [0.2, 0.25) is 0 Å². The molecule has 1 fully saturated rings. The Kier molecular flexibility index (Phi) is 3.74. The third-order valence-corrected chi connectivity index (χ3v) is 11.1. The summed E-state index contributed by atoms with van der Waals surface area (Å²) in [7, 11) is -2.40. The Bertz CT molecular complexity index is 799. The van der Waals surface area contributed by atoms with E-state index in [0.717, 1.165) is 12.8 Å². The zero-order valence-electron chi connectivity index (χ0n) is 16.3. The van der Waals surface area contributed by atoms with Gasteiger partial charge in [-0.2, -0.15) is 0 Å². The number of hydrogen-bond acceptors (Lipinski definition) is 2. The smallest absolute Gasteiger partial charge is 0.350 e. The lowest BCUT2D eigenvalue weighted by molar-refractivity contribution is 0.138. The Labute approximate surface area is 152 Å². The molecule has 0 radical (unpaired) electrons. The molecule has 1 aliphatic carbocycles. The molecule has 0 N–H and O–H groups in total. The first-order valence-electron chi connectivity index (χ1n) is 9.50. The monoisotopic (exact) mass is 354 g/mol. The number of hydrogen-bond donors (Lipinski definition) is 0. The topological polar surface area (TPSA) is 18.5 Å². The molecule has 0 unspecified atom stereocenters. The van der Waals surface area contributed by atoms with E-state index in [1.165, 1.54) is 21.9 Å². The first kappa shape index (κ1) is 17.3. The molecule has 0 spiro atoms. The number of fused-ring (bicyclic) bond motifs is 4. The Morgan fingerprint density at radius 2 is 1.48 bits per heavy atom. The summed E-state index contributed by atoms with van der Waals surface area (Å²) in [6.07, 6.45) is 2.46. The molecule has 2 nitrogen and oxygen atoms in total. The highest BCUT2D eigenvalue weighted by Gasteiger charge is 2.65. The maximum atomic E-state index is 6.97. The Morgan fingerprint density at radius 3 is 2.08 bits per heavy atom. The molecular formula is C22H30O2Si. The highest BCUT2D eigenvalue weighted by Crippen LogP contribution is 2.60. The van der Waals surface area contributed by atoms with Crippen molar-refractivity contribution in [1.29, 1.82) is 0 Å². The number of benzene rings is 2. The first-order chi connectivity index (χ1) is 11.6. The zero-order valence-corrected chi connectivity index (χ0v) is 17.3. The van der Waals surface area contributed by atoms with Crippen molar-refractivity contribution in [2.24, 2.45) is 0 Å². The van der Waals surface area contributed by atoms with Crippen LogP contribution in [0.25, 0.3) is 10.8 Å². The minimum absolute atomic E-state index is 0.0413. The van der Waals surface area contributed by atoms with Gasteiger partial charge in [0.05, 0.1) is 12.2 Å². The van der Waals surface area contributed by atoms with E-state index in [2.05, 4.69) is 77.9 Å². The van der Waals surface area contributed by atoms with Crippen molar-refractivity contribution in [2.75, 3.05) is 0 Å². The summed E-state index contributed by atoms with van der Waals surface area (Å²) < 4.78 is 13.8. The predicted octanol–water partition coefficient (Wildman–Crippen LogP) is 6.28. The highest BCUT2D eigenvalue weighted by atomic mass is 28.4. The lowest BCUT2D eigenvalue weighted by Crippen LogP contribution is -2.54. The van der Waals surface area contributed by atoms with Gasteiger partial charge in [0, 0.05) is 10.1 Å². The van der Waals surface area contributed by atoms with Crippen molar-refractivity contribution in [3.63, 3.8) is 0 Å². The van der Waals surface area contributed by atoms with Gasteiger partial charge in [-0.05, 0) is 40.8 Å². The molecular weight excluding hydrogens is 324 g/mol. The molecule has 25 heavy (non-hydrogen) atoms. The van der Waals surface area contributed by atoms with Crippen LogP contribution < -0.4 is 0 Å². The van der Waals surface area contributed by atoms with E-state index in [1.807, 2.05) is 0 Å². The van der Waals surface area contributed by atoms with Crippen LogP contribution in [-0.2, 0) is 15.3 Å². The van der Waals surface area contributed by atoms with E-state index in [1.54, 1.807) is 0 Å². The molecule has 1 aliphatic heterocycles. The van der Waals surface area contributed by atoms with Gasteiger partial charge >= 0.3 is 8.56 Å². The average molecular weight is 355 g/mol. The minimum atomic E-state index is -2.40. The van der Waals surface area contributed by atoms with Crippen LogP contribution in [0.5, 0.6) is 0 Å². The zero-order chi connectivity index (χ0) is 18.0. The van der Waals surface area contributed by atoms with Crippen LogP contribution in [0.2, 0.25) is 10.1 Å². The van der Waals surface area contributed by atoms with Crippen LogP contribution in [-0.4, -0.2) is 14.7 Å². The van der Waals surface area contributed by atoms with Crippen LogP contribution in [0.15, 0.2) is 36.4 Å². The maximum Gasteiger partial charge on any atom is 0.350 e. The van der Waals surface area contributed by atoms with E-state index < -0.39 is 8.56 Å². The van der Waals surface area contributed by atoms with Crippen LogP contribution in [0.3, 0.4) is 0 Å². The molecule has 2 aromatic rings. The van der Waals surface area contributed by atoms with Crippen LogP contribution in [0.1, 0.15) is 65.2 Å². The van der Waals surface area contributed by atoms with Gasteiger partial charge in [-0.25, -0.2) is 0 Å². The van der Waals surface area contributed by atoms with E-state index in [-0.39, 0.29) is 22.3 Å². The second-order valence-corrected chi connectivity index (χ2v) is 14.5. The van der Waals surface area contributed by atoms with E-state index >= 15 is 0 Å². The lowest BCUT2D eigenvalue weighted by Gasteiger charge is -2.45. The fraction of sp³-hybridized carbons (Fsp3) is 0.545. The van der Waals surface area contributed by atoms with Gasteiger partial charge in [0.25, 0.3) is 0 Å². The second-order valence-electron chi connectivity index (χ2n) is 9.75. The van der Waals surface area contributed by atoms with E-state index in [9.17, 15) is 0 Å². The van der Waals surface area contributed by atoms with Crippen molar-refractivity contribution in [3.8, 4) is 0 Å². The summed E-state index contributed by atoms with van der Waals surface area (Å²) in [5.41, 5.74) is 2.80. The number of rotatable bonds is 0. The quantitative estimate of drug-likeness (QED) is 0.518. The molecule has 4 rings (SSSR count). The fourth-order valence-electron chi connectivity index (χ4n) is 4.95. The third-order valence-electron chi connectivity index (χ3n) is 5.93. The van der Waals surface area contributed by atoms with Gasteiger partial charge in [0.1, 0.15) is 0 Å². The van der Waals surface area contributed by atoms with E-state index in [0.29, 0.717) is 0 Å². The van der Waals surface area contributed by atoms with Crippen molar-refractivity contribution in [2.45, 2.75) is 76.7 Å². The van der Waals surface area contributed by atoms with Crippen molar-refractivity contribution in [3.05, 3.63) is 47.5 Å². The van der Waals surface area contributed by atoms with Crippen LogP contribution in [0, 0.1) is 0 Å². The summed E-state index contributed by atoms with van der Waals surface area (Å²) in [4.78, 5) is 0. The molecule has 2 atom stereocenters. The largest absolute Gasteiger partial charge is 0.387 e. The van der Waals surface area contributed by atoms with Crippen LogP contribution >= 0.6 is 0 Å². The first-order valence-corrected chi connectivity index (χ1v) is 11.3. The van der Waals surface area contributed by atoms with Crippen molar-refractivity contribution >= 4 is 19.3 Å². The summed E-state index contributed by atoms with van der Waals surface area (Å²) in [6.45, 7) is 13.8. The lowest BCUT2D eigenvalue weighted by atomic mass is 9.86. The van der Waals surface area contributed by atoms with Gasteiger partial charge in [-0.15, -0.1) is 0 Å². The third kappa shape index (κ3) is 2.51. The fourth-order valence-corrected chi connectivity index (χ4v) is 9.97. The van der Waals surface area contributed by atoms with E-state index in [4.69, 9.17) is 8.85 Å². The molecule has 0 amide bonds. The Hall–Kier alpha value is -1.16. The summed E-state index contributed by atoms with van der Waals surface area (Å²) in [6, 6.07) is 13.3. The molecule has 0 bridgehead atoms. The molecule has 3 heteroatoms. The molecule has 2 aliphatic rings. The molecule has 1 heterocycles. The maximum absolute atomic E-state index is 6.97. The highest BCUT2D eigenvalue weighted by molar-refractivity contribution is 6.74. The van der Waals surface area contributed by atoms with Crippen LogP contribution in [0.4, 0.5) is 0 Å². The van der Waals surface area contributed by atoms with Gasteiger partial charge in [-0.1, -0.05) is 71.9 Å². The average Bonchev–Trinajstić information content (AvgIpc) is 2.94. The molecule has 2 aromatic carbocycles. The molecule has 0 saturated carbocycles. The van der Waals surface area contributed by atoms with Gasteiger partial charge < -0.3 is 8.85 Å². The second kappa shape index (κ2) is 5.42. The normalized spacial score (nSPS) is 25.7. The standard InChI is InChI=1S/C22H30O2Si/c1-21(2,3)25(22(4,5)6)23-19-12-11-17-13-15-9-7-8-10-16(15)14-18(17)20(19)24-25/h7-10,13-14,19-20H,11-12H2,1-6H3/t19-,20+/m0/s1. The minimum Gasteiger partial charge on any atom is -0.387 e. The number of aryl methyl sites for hydroxylation is 1. The van der Waals surface area contributed by atoms with Crippen molar-refractivity contribution in [1.82, 2.24) is 0 Å². The SMILES string of the molecule is CC(C)(C)[Si]1(C(C)(C)C)O[C@H]2CCc3cc4ccccc4cc3[C@H]2O1. The van der Waals surface area contributed by atoms with Gasteiger partial charge in [-0.3, -0.25) is 0 Å².